The molecule has 2 heterocycles. The van der Waals surface area contributed by atoms with Crippen molar-refractivity contribution in [2.75, 3.05) is 18.0 Å². The van der Waals surface area contributed by atoms with Crippen molar-refractivity contribution in [3.63, 3.8) is 0 Å². The van der Waals surface area contributed by atoms with Crippen LogP contribution in [-0.4, -0.2) is 52.9 Å². The van der Waals surface area contributed by atoms with E-state index >= 15 is 0 Å². The number of anilines is 1. The van der Waals surface area contributed by atoms with E-state index in [-0.39, 0.29) is 23.2 Å². The van der Waals surface area contributed by atoms with Crippen molar-refractivity contribution < 1.29 is 24.0 Å². The molecule has 0 spiro atoms. The third kappa shape index (κ3) is 5.35. The maximum atomic E-state index is 12.8. The molecule has 1 aromatic carbocycles. The Hall–Kier alpha value is -4.15. The molecular weight excluding hydrogens is 478 g/mol. The predicted octanol–water partition coefficient (Wildman–Crippen LogP) is 3.37. The first kappa shape index (κ1) is 25.9. The van der Waals surface area contributed by atoms with E-state index in [4.69, 9.17) is 10.5 Å². The highest BCUT2D eigenvalue weighted by molar-refractivity contribution is 5.98. The Bertz CT molecular complexity index is 1200. The number of nitrogens with two attached hydrogens (primary N) is 1. The van der Waals surface area contributed by atoms with Crippen LogP contribution in [-0.2, 0) is 9.53 Å². The molecule has 0 saturated carbocycles. The Morgan fingerprint density at radius 2 is 2.03 bits per heavy atom. The quantitative estimate of drug-likeness (QED) is 0.403. The van der Waals surface area contributed by atoms with Crippen molar-refractivity contribution in [3.05, 3.63) is 69.6 Å². The molecule has 3 amide bonds. The minimum Gasteiger partial charge on any atom is -0.418 e. The van der Waals surface area contributed by atoms with Crippen molar-refractivity contribution in [2.45, 2.75) is 51.6 Å². The Morgan fingerprint density at radius 3 is 2.68 bits per heavy atom. The fourth-order valence-electron chi connectivity index (χ4n) is 4.93. The second kappa shape index (κ2) is 10.9. The number of benzene rings is 1. The van der Waals surface area contributed by atoms with Crippen molar-refractivity contribution in [2.24, 2.45) is 11.7 Å². The first-order valence-electron chi connectivity index (χ1n) is 12.4. The molecule has 1 unspecified atom stereocenters. The molecule has 3 N–H and O–H groups in total. The molecule has 11 heteroatoms. The Morgan fingerprint density at radius 1 is 1.30 bits per heavy atom. The number of carbonyl (C=O) groups is 3. The lowest BCUT2D eigenvalue weighted by Crippen LogP contribution is -2.48. The molecule has 37 heavy (non-hydrogen) atoms. The van der Waals surface area contributed by atoms with Gasteiger partial charge < -0.3 is 20.7 Å². The summed E-state index contributed by atoms with van der Waals surface area (Å²) < 4.78 is 5.26. The maximum absolute atomic E-state index is 12.8. The second-order valence-corrected chi connectivity index (χ2v) is 9.50. The average molecular weight is 510 g/mol. The minimum atomic E-state index is -0.873. The van der Waals surface area contributed by atoms with Crippen LogP contribution in [0.1, 0.15) is 49.9 Å². The van der Waals surface area contributed by atoms with Crippen LogP contribution in [0.3, 0.4) is 0 Å². The van der Waals surface area contributed by atoms with Gasteiger partial charge in [-0.3, -0.25) is 24.6 Å². The minimum absolute atomic E-state index is 0.0764. The zero-order chi connectivity index (χ0) is 26.7. The number of hydrogen-bond acceptors (Lipinski definition) is 7. The molecule has 0 bridgehead atoms. The SMILES string of the molecule is CCC(C)[C@H](NC(=O)c1ccc(N2CCC(N3C(=O)OC=C4CC=CC=C43)CC2)c([N+](=O)[O-])c1)C(N)=O. The van der Waals surface area contributed by atoms with Gasteiger partial charge in [0, 0.05) is 36.3 Å². The van der Waals surface area contributed by atoms with Gasteiger partial charge in [-0.25, -0.2) is 4.79 Å². The monoisotopic (exact) mass is 509 g/mol. The summed E-state index contributed by atoms with van der Waals surface area (Å²) in [7, 11) is 0. The van der Waals surface area contributed by atoms with Gasteiger partial charge in [-0.15, -0.1) is 0 Å². The molecule has 1 aromatic rings. The van der Waals surface area contributed by atoms with Gasteiger partial charge in [0.25, 0.3) is 11.6 Å². The molecule has 3 aliphatic rings. The number of cyclic esters (lactones) is 1. The van der Waals surface area contributed by atoms with Crippen LogP contribution in [0.25, 0.3) is 0 Å². The molecule has 2 atom stereocenters. The second-order valence-electron chi connectivity index (χ2n) is 9.50. The zero-order valence-electron chi connectivity index (χ0n) is 20.9. The van der Waals surface area contributed by atoms with Crippen LogP contribution in [0.15, 0.2) is 54.0 Å². The predicted molar refractivity (Wildman–Crippen MR) is 136 cm³/mol. The number of fused-ring (bicyclic) bond motifs is 1. The smallest absolute Gasteiger partial charge is 0.418 e. The van der Waals surface area contributed by atoms with Crippen LogP contribution in [0.4, 0.5) is 16.2 Å². The number of carbonyl (C=O) groups excluding carboxylic acids is 3. The number of rotatable bonds is 8. The summed E-state index contributed by atoms with van der Waals surface area (Å²) in [6, 6.07) is 3.32. The lowest BCUT2D eigenvalue weighted by Gasteiger charge is -2.41. The number of nitro groups is 1. The third-order valence-corrected chi connectivity index (χ3v) is 7.23. The molecule has 1 fully saturated rings. The van der Waals surface area contributed by atoms with Crippen LogP contribution in [0, 0.1) is 16.0 Å². The lowest BCUT2D eigenvalue weighted by atomic mass is 9.97. The molecule has 0 radical (unpaired) electrons. The normalized spacial score (nSPS) is 19.2. The molecule has 4 rings (SSSR count). The van der Waals surface area contributed by atoms with E-state index in [0.29, 0.717) is 44.5 Å². The van der Waals surface area contributed by atoms with E-state index in [1.165, 1.54) is 18.4 Å². The highest BCUT2D eigenvalue weighted by Gasteiger charge is 2.36. The molecule has 0 aromatic heterocycles. The summed E-state index contributed by atoms with van der Waals surface area (Å²) in [6.07, 6.45) is 9.41. The summed E-state index contributed by atoms with van der Waals surface area (Å²) in [5, 5.41) is 14.5. The van der Waals surface area contributed by atoms with Crippen LogP contribution >= 0.6 is 0 Å². The van der Waals surface area contributed by atoms with Crippen molar-refractivity contribution in [1.82, 2.24) is 10.2 Å². The van der Waals surface area contributed by atoms with E-state index in [1.807, 2.05) is 30.1 Å². The Balaban J connectivity index is 1.49. The summed E-state index contributed by atoms with van der Waals surface area (Å²) in [6.45, 7) is 4.65. The lowest BCUT2D eigenvalue weighted by molar-refractivity contribution is -0.384. The number of piperidine rings is 1. The van der Waals surface area contributed by atoms with E-state index in [0.717, 1.165) is 11.3 Å². The molecule has 1 saturated heterocycles. The van der Waals surface area contributed by atoms with E-state index in [1.54, 1.807) is 17.9 Å². The summed E-state index contributed by atoms with van der Waals surface area (Å²) in [4.78, 5) is 52.1. The van der Waals surface area contributed by atoms with E-state index < -0.39 is 28.9 Å². The van der Waals surface area contributed by atoms with Gasteiger partial charge >= 0.3 is 6.09 Å². The van der Waals surface area contributed by atoms with E-state index in [2.05, 4.69) is 5.32 Å². The number of nitrogens with zero attached hydrogens (tertiary/aromatic N) is 3. The summed E-state index contributed by atoms with van der Waals surface area (Å²) >= 11 is 0. The third-order valence-electron chi connectivity index (χ3n) is 7.23. The number of allylic oxidation sites excluding steroid dienone is 4. The van der Waals surface area contributed by atoms with Gasteiger partial charge in [0.15, 0.2) is 0 Å². The van der Waals surface area contributed by atoms with Gasteiger partial charge in [0.1, 0.15) is 18.0 Å². The molecule has 11 nitrogen and oxygen atoms in total. The van der Waals surface area contributed by atoms with Crippen LogP contribution < -0.4 is 16.0 Å². The topological polar surface area (TPSA) is 148 Å². The van der Waals surface area contributed by atoms with Crippen molar-refractivity contribution >= 4 is 29.3 Å². The highest BCUT2D eigenvalue weighted by Crippen LogP contribution is 2.36. The van der Waals surface area contributed by atoms with Gasteiger partial charge in [0.05, 0.1) is 10.6 Å². The standard InChI is InChI=1S/C26H31N5O6/c1-3-16(2)23(24(27)32)28-25(33)17-8-9-21(22(14-17)31(35)36)29-12-10-19(11-13-29)30-20-7-5-4-6-18(20)15-37-26(30)34/h4-5,7-9,14-16,19,23H,3,6,10-13H2,1-2H3,(H2,27,32)(H,28,33)/t16?,23-/m0/s1. The number of amides is 3. The van der Waals surface area contributed by atoms with Crippen molar-refractivity contribution in [3.8, 4) is 0 Å². The summed E-state index contributed by atoms with van der Waals surface area (Å²) in [5.74, 6) is -1.43. The molecule has 2 aliphatic heterocycles. The zero-order valence-corrected chi connectivity index (χ0v) is 20.9. The van der Waals surface area contributed by atoms with Gasteiger partial charge in [-0.1, -0.05) is 32.4 Å². The first-order chi connectivity index (χ1) is 17.7. The average Bonchev–Trinajstić information content (AvgIpc) is 2.90. The fourth-order valence-corrected chi connectivity index (χ4v) is 4.93. The molecular formula is C26H31N5O6. The van der Waals surface area contributed by atoms with Gasteiger partial charge in [0.2, 0.25) is 5.91 Å². The number of ether oxygens (including phenoxy) is 1. The number of nitro benzene ring substituents is 1. The first-order valence-corrected chi connectivity index (χ1v) is 12.4. The van der Waals surface area contributed by atoms with Gasteiger partial charge in [-0.2, -0.15) is 0 Å². The largest absolute Gasteiger partial charge is 0.419 e. The van der Waals surface area contributed by atoms with Crippen LogP contribution in [0.5, 0.6) is 0 Å². The molecule has 1 aliphatic carbocycles. The Kier molecular flexibility index (Phi) is 7.61. The van der Waals surface area contributed by atoms with Crippen molar-refractivity contribution in [1.29, 1.82) is 0 Å². The van der Waals surface area contributed by atoms with Gasteiger partial charge in [-0.05, 0) is 43.4 Å². The van der Waals surface area contributed by atoms with Crippen LogP contribution in [0.2, 0.25) is 0 Å². The number of hydrogen-bond donors (Lipinski definition) is 2. The highest BCUT2D eigenvalue weighted by atomic mass is 16.6. The fraction of sp³-hybridized carbons (Fsp3) is 0.423. The number of nitrogens with one attached hydrogen (secondary N) is 1. The summed E-state index contributed by atoms with van der Waals surface area (Å²) in [5.41, 5.74) is 7.50. The maximum Gasteiger partial charge on any atom is 0.419 e. The Labute approximate surface area is 214 Å². The van der Waals surface area contributed by atoms with E-state index in [9.17, 15) is 24.5 Å². The number of primary amides is 1. The molecule has 196 valence electrons.